The summed E-state index contributed by atoms with van der Waals surface area (Å²) >= 11 is 1.24. The molecule has 0 bridgehead atoms. The van der Waals surface area contributed by atoms with E-state index in [0.29, 0.717) is 59.4 Å². The highest BCUT2D eigenvalue weighted by molar-refractivity contribution is 7.99. The molecule has 0 aliphatic heterocycles. The van der Waals surface area contributed by atoms with E-state index >= 15 is 0 Å². The maximum atomic E-state index is 13.1. The number of rotatable bonds is 11. The molecule has 0 saturated carbocycles. The van der Waals surface area contributed by atoms with E-state index in [9.17, 15) is 9.59 Å². The lowest BCUT2D eigenvalue weighted by Gasteiger charge is -2.14. The summed E-state index contributed by atoms with van der Waals surface area (Å²) in [6, 6.07) is 23.9. The Bertz CT molecular complexity index is 1340. The second kappa shape index (κ2) is 12.2. The van der Waals surface area contributed by atoms with Crippen molar-refractivity contribution in [3.8, 4) is 11.5 Å². The fourth-order valence-electron chi connectivity index (χ4n) is 3.51. The van der Waals surface area contributed by atoms with Gasteiger partial charge in [0.05, 0.1) is 22.3 Å². The van der Waals surface area contributed by atoms with Crippen molar-refractivity contribution < 1.29 is 14.3 Å². The fraction of sp³-hybridized carbons (Fsp3) is 0.222. The highest BCUT2D eigenvalue weighted by atomic mass is 32.2. The Kier molecular flexibility index (Phi) is 8.53. The first-order valence-electron chi connectivity index (χ1n) is 11.5. The summed E-state index contributed by atoms with van der Waals surface area (Å²) in [6.07, 6.45) is 0.678. The van der Waals surface area contributed by atoms with Gasteiger partial charge in [0, 0.05) is 19.8 Å². The third-order valence-electron chi connectivity index (χ3n) is 5.17. The van der Waals surface area contributed by atoms with Crippen molar-refractivity contribution in [3.63, 3.8) is 0 Å². The number of carbonyl (C=O) groups excluding carboxylic acids is 1. The maximum absolute atomic E-state index is 13.1. The summed E-state index contributed by atoms with van der Waals surface area (Å²) in [7, 11) is 0. The molecule has 4 aromatic rings. The van der Waals surface area contributed by atoms with Gasteiger partial charge in [-0.05, 0) is 49.7 Å². The van der Waals surface area contributed by atoms with E-state index in [-0.39, 0.29) is 17.2 Å². The summed E-state index contributed by atoms with van der Waals surface area (Å²) in [6.45, 7) is 3.59. The van der Waals surface area contributed by atoms with Crippen LogP contribution in [-0.2, 0) is 16.1 Å². The Hall–Kier alpha value is -3.62. The lowest BCUT2D eigenvalue weighted by atomic mass is 10.2. The van der Waals surface area contributed by atoms with E-state index in [1.165, 1.54) is 11.8 Å². The van der Waals surface area contributed by atoms with Crippen molar-refractivity contribution in [2.45, 2.75) is 25.0 Å². The number of nitrogens with zero attached hydrogens (tertiary/aromatic N) is 2. The van der Waals surface area contributed by atoms with E-state index in [2.05, 4.69) is 10.3 Å². The predicted molar refractivity (Wildman–Crippen MR) is 139 cm³/mol. The average molecular weight is 490 g/mol. The van der Waals surface area contributed by atoms with Crippen LogP contribution in [0.5, 0.6) is 11.5 Å². The number of thioether (sulfide) groups is 1. The molecule has 1 amide bonds. The summed E-state index contributed by atoms with van der Waals surface area (Å²) in [4.78, 5) is 30.6. The van der Waals surface area contributed by atoms with Gasteiger partial charge in [-0.3, -0.25) is 14.2 Å². The van der Waals surface area contributed by atoms with Gasteiger partial charge < -0.3 is 14.8 Å². The zero-order valence-corrected chi connectivity index (χ0v) is 20.3. The number of hydrogen-bond donors (Lipinski definition) is 1. The van der Waals surface area contributed by atoms with Crippen LogP contribution >= 0.6 is 11.8 Å². The second-order valence-corrected chi connectivity index (χ2v) is 8.61. The van der Waals surface area contributed by atoms with Crippen LogP contribution in [0, 0.1) is 0 Å². The normalized spacial score (nSPS) is 10.9. The molecule has 0 fully saturated rings. The van der Waals surface area contributed by atoms with Crippen LogP contribution in [-0.4, -0.2) is 34.4 Å². The van der Waals surface area contributed by atoms with Crippen LogP contribution in [0.25, 0.3) is 10.9 Å². The van der Waals surface area contributed by atoms with Gasteiger partial charge in [-0.25, -0.2) is 4.98 Å². The Balaban J connectivity index is 1.48. The average Bonchev–Trinajstić information content (AvgIpc) is 2.88. The molecule has 0 spiro atoms. The Morgan fingerprint density at radius 1 is 1.00 bits per heavy atom. The zero-order valence-electron chi connectivity index (χ0n) is 19.5. The number of aromatic nitrogens is 2. The number of benzene rings is 3. The molecule has 3 aromatic carbocycles. The third kappa shape index (κ3) is 6.49. The molecule has 0 unspecified atom stereocenters. The molecule has 35 heavy (non-hydrogen) atoms. The molecule has 0 atom stereocenters. The van der Waals surface area contributed by atoms with Crippen molar-refractivity contribution in [3.05, 3.63) is 89.2 Å². The van der Waals surface area contributed by atoms with E-state index in [0.717, 1.165) is 0 Å². The minimum atomic E-state index is -0.220. The number of anilines is 1. The Morgan fingerprint density at radius 2 is 1.74 bits per heavy atom. The number of ether oxygens (including phenoxy) is 2. The standard InChI is InChI=1S/C27H27N3O4S/c1-2-33-18-10-17-30-26(32)21-13-6-7-14-22(21)29-27(30)35-19-25(31)28-23-15-8-9-16-24(23)34-20-11-4-3-5-12-20/h3-9,11-16H,2,10,17-19H2,1H3,(H,28,31). The van der Waals surface area contributed by atoms with Crippen molar-refractivity contribution in [2.75, 3.05) is 24.3 Å². The van der Waals surface area contributed by atoms with Crippen molar-refractivity contribution >= 4 is 34.3 Å². The topological polar surface area (TPSA) is 82.4 Å². The molecule has 0 aliphatic rings. The van der Waals surface area contributed by atoms with E-state index in [1.807, 2.05) is 67.6 Å². The van der Waals surface area contributed by atoms with Gasteiger partial charge in [-0.2, -0.15) is 0 Å². The summed E-state index contributed by atoms with van der Waals surface area (Å²) < 4.78 is 13.0. The first-order chi connectivity index (χ1) is 17.2. The molecule has 8 heteroatoms. The van der Waals surface area contributed by atoms with E-state index < -0.39 is 0 Å². The number of fused-ring (bicyclic) bond motifs is 1. The highest BCUT2D eigenvalue weighted by Gasteiger charge is 2.14. The van der Waals surface area contributed by atoms with Gasteiger partial charge in [0.1, 0.15) is 5.75 Å². The molecule has 4 rings (SSSR count). The molecular formula is C27H27N3O4S. The van der Waals surface area contributed by atoms with Gasteiger partial charge in [0.25, 0.3) is 5.56 Å². The van der Waals surface area contributed by atoms with Crippen LogP contribution in [0.1, 0.15) is 13.3 Å². The number of nitrogens with one attached hydrogen (secondary N) is 1. The smallest absolute Gasteiger partial charge is 0.262 e. The summed E-state index contributed by atoms with van der Waals surface area (Å²) in [5.41, 5.74) is 1.07. The van der Waals surface area contributed by atoms with Crippen molar-refractivity contribution in [1.82, 2.24) is 9.55 Å². The number of carbonyl (C=O) groups is 1. The molecule has 1 heterocycles. The van der Waals surface area contributed by atoms with Crippen LogP contribution in [0.3, 0.4) is 0 Å². The zero-order chi connectivity index (χ0) is 24.5. The van der Waals surface area contributed by atoms with E-state index in [4.69, 9.17) is 9.47 Å². The monoisotopic (exact) mass is 489 g/mol. The van der Waals surface area contributed by atoms with Gasteiger partial charge in [0.15, 0.2) is 10.9 Å². The van der Waals surface area contributed by atoms with Gasteiger partial charge in [-0.1, -0.05) is 54.2 Å². The number of para-hydroxylation sites is 4. The second-order valence-electron chi connectivity index (χ2n) is 7.67. The first-order valence-corrected chi connectivity index (χ1v) is 12.5. The quantitative estimate of drug-likeness (QED) is 0.174. The largest absolute Gasteiger partial charge is 0.455 e. The number of amides is 1. The highest BCUT2D eigenvalue weighted by Crippen LogP contribution is 2.29. The third-order valence-corrected chi connectivity index (χ3v) is 6.14. The fourth-order valence-corrected chi connectivity index (χ4v) is 4.34. The summed E-state index contributed by atoms with van der Waals surface area (Å²) in [5.74, 6) is 1.10. The van der Waals surface area contributed by atoms with Crippen LogP contribution < -0.4 is 15.6 Å². The first kappa shape index (κ1) is 24.5. The Labute approximate surface area is 208 Å². The van der Waals surface area contributed by atoms with Crippen molar-refractivity contribution in [2.24, 2.45) is 0 Å². The minimum absolute atomic E-state index is 0.0932. The van der Waals surface area contributed by atoms with Gasteiger partial charge >= 0.3 is 0 Å². The summed E-state index contributed by atoms with van der Waals surface area (Å²) in [5, 5.41) is 3.98. The van der Waals surface area contributed by atoms with Gasteiger partial charge in [0.2, 0.25) is 5.91 Å². The van der Waals surface area contributed by atoms with Crippen LogP contribution in [0.4, 0.5) is 5.69 Å². The minimum Gasteiger partial charge on any atom is -0.455 e. The number of hydrogen-bond acceptors (Lipinski definition) is 6. The lowest BCUT2D eigenvalue weighted by Crippen LogP contribution is -2.25. The molecule has 0 radical (unpaired) electrons. The molecule has 0 saturated heterocycles. The Morgan fingerprint density at radius 3 is 2.57 bits per heavy atom. The van der Waals surface area contributed by atoms with Crippen LogP contribution in [0.2, 0.25) is 0 Å². The van der Waals surface area contributed by atoms with Crippen molar-refractivity contribution in [1.29, 1.82) is 0 Å². The van der Waals surface area contributed by atoms with Crippen LogP contribution in [0.15, 0.2) is 88.8 Å². The predicted octanol–water partition coefficient (Wildman–Crippen LogP) is 5.35. The molecule has 7 nitrogen and oxygen atoms in total. The lowest BCUT2D eigenvalue weighted by molar-refractivity contribution is -0.113. The molecule has 1 aromatic heterocycles. The van der Waals surface area contributed by atoms with Gasteiger partial charge in [-0.15, -0.1) is 0 Å². The van der Waals surface area contributed by atoms with E-state index in [1.54, 1.807) is 22.8 Å². The molecule has 180 valence electrons. The molecular weight excluding hydrogens is 462 g/mol. The molecule has 0 aliphatic carbocycles. The molecule has 1 N–H and O–H groups in total. The SMILES string of the molecule is CCOCCCn1c(SCC(=O)Nc2ccccc2Oc2ccccc2)nc2ccccc2c1=O. The maximum Gasteiger partial charge on any atom is 0.262 e.